The molecule has 0 spiro atoms. The fraction of sp³-hybridized carbons (Fsp3) is 0.273. The average molecular weight is 306 g/mol. The highest BCUT2D eigenvalue weighted by atomic mass is 35.7. The van der Waals surface area contributed by atoms with Crippen molar-refractivity contribution < 1.29 is 22.7 Å². The van der Waals surface area contributed by atoms with Gasteiger partial charge in [-0.1, -0.05) is 0 Å². The van der Waals surface area contributed by atoms with Gasteiger partial charge in [0.1, 0.15) is 11.5 Å². The van der Waals surface area contributed by atoms with Crippen LogP contribution in [0, 0.1) is 0 Å². The number of ketones is 1. The highest BCUT2D eigenvalue weighted by Gasteiger charge is 2.16. The molecule has 1 N–H and O–H groups in total. The number of hydrogen-bond donors (Lipinski definition) is 1. The Labute approximate surface area is 115 Å². The van der Waals surface area contributed by atoms with Gasteiger partial charge < -0.3 is 10.1 Å². The normalized spacial score (nSPS) is 10.9. The lowest BCUT2D eigenvalue weighted by molar-refractivity contribution is -0.113. The molecule has 0 aliphatic heterocycles. The Morgan fingerprint density at radius 3 is 2.47 bits per heavy atom. The molecule has 6 nitrogen and oxygen atoms in total. The number of ether oxygens (including phenoxy) is 1. The Bertz CT molecular complexity index is 612. The Hall–Kier alpha value is -1.60. The molecular formula is C11H12ClNO5S. The highest BCUT2D eigenvalue weighted by Crippen LogP contribution is 2.22. The molecule has 0 aromatic heterocycles. The molecule has 0 unspecified atom stereocenters. The first kappa shape index (κ1) is 15.5. The summed E-state index contributed by atoms with van der Waals surface area (Å²) in [7, 11) is 2.47. The van der Waals surface area contributed by atoms with Crippen molar-refractivity contribution in [2.45, 2.75) is 6.92 Å². The number of nitrogens with one attached hydrogen (secondary N) is 1. The molecule has 104 valence electrons. The molecule has 0 aliphatic carbocycles. The van der Waals surface area contributed by atoms with Gasteiger partial charge in [0, 0.05) is 16.2 Å². The number of methoxy groups -OCH3 is 1. The number of halogens is 1. The minimum absolute atomic E-state index is 0.207. The van der Waals surface area contributed by atoms with Crippen molar-refractivity contribution in [3.8, 4) is 5.75 Å². The zero-order chi connectivity index (χ0) is 14.6. The van der Waals surface area contributed by atoms with Crippen LogP contribution in [0.15, 0.2) is 18.2 Å². The van der Waals surface area contributed by atoms with E-state index in [0.717, 1.165) is 0 Å². The van der Waals surface area contributed by atoms with E-state index in [9.17, 15) is 18.0 Å². The minimum atomic E-state index is -3.94. The molecule has 1 aromatic carbocycles. The largest absolute Gasteiger partial charge is 0.497 e. The van der Waals surface area contributed by atoms with Crippen molar-refractivity contribution in [3.63, 3.8) is 0 Å². The maximum Gasteiger partial charge on any atom is 0.241 e. The van der Waals surface area contributed by atoms with Crippen molar-refractivity contribution in [2.24, 2.45) is 0 Å². The number of carbonyl (C=O) groups is 2. The van der Waals surface area contributed by atoms with E-state index < -0.39 is 20.7 Å². The van der Waals surface area contributed by atoms with Gasteiger partial charge in [0.25, 0.3) is 0 Å². The summed E-state index contributed by atoms with van der Waals surface area (Å²) in [5.74, 6) is -1.52. The fourth-order valence-electron chi connectivity index (χ4n) is 1.39. The number of anilines is 1. The quantitative estimate of drug-likeness (QED) is 0.656. The van der Waals surface area contributed by atoms with Crippen LogP contribution in [0.5, 0.6) is 5.75 Å². The number of carbonyl (C=O) groups excluding carboxylic acids is 2. The first-order chi connectivity index (χ1) is 8.73. The summed E-state index contributed by atoms with van der Waals surface area (Å²) in [6, 6.07) is 4.44. The highest BCUT2D eigenvalue weighted by molar-refractivity contribution is 8.14. The third-order valence-electron chi connectivity index (χ3n) is 2.18. The number of hydrogen-bond acceptors (Lipinski definition) is 5. The Morgan fingerprint density at radius 1 is 1.37 bits per heavy atom. The van der Waals surface area contributed by atoms with E-state index >= 15 is 0 Å². The Balaban J connectivity index is 3.01. The molecule has 1 rings (SSSR count). The van der Waals surface area contributed by atoms with E-state index in [1.54, 1.807) is 0 Å². The molecule has 0 atom stereocenters. The van der Waals surface area contributed by atoms with Gasteiger partial charge in [-0.2, -0.15) is 0 Å². The SMILES string of the molecule is COc1ccc(NC(=O)CS(=O)(=O)Cl)c(C(C)=O)c1. The van der Waals surface area contributed by atoms with Crippen LogP contribution in [0.4, 0.5) is 5.69 Å². The lowest BCUT2D eigenvalue weighted by atomic mass is 10.1. The van der Waals surface area contributed by atoms with Crippen LogP contribution in [-0.2, 0) is 13.8 Å². The molecule has 19 heavy (non-hydrogen) atoms. The maximum absolute atomic E-state index is 11.4. The Morgan fingerprint density at radius 2 is 2.00 bits per heavy atom. The van der Waals surface area contributed by atoms with E-state index in [0.29, 0.717) is 5.75 Å². The lowest BCUT2D eigenvalue weighted by Crippen LogP contribution is -2.21. The molecular weight excluding hydrogens is 294 g/mol. The zero-order valence-corrected chi connectivity index (χ0v) is 11.8. The van der Waals surface area contributed by atoms with Crippen LogP contribution < -0.4 is 10.1 Å². The maximum atomic E-state index is 11.4. The predicted octanol–water partition coefficient (Wildman–Crippen LogP) is 1.40. The summed E-state index contributed by atoms with van der Waals surface area (Å²) in [6.07, 6.45) is 0. The Kier molecular flexibility index (Phi) is 4.90. The summed E-state index contributed by atoms with van der Waals surface area (Å²) in [6.45, 7) is 1.32. The van der Waals surface area contributed by atoms with Crippen molar-refractivity contribution in [3.05, 3.63) is 23.8 Å². The van der Waals surface area contributed by atoms with Crippen LogP contribution in [0.3, 0.4) is 0 Å². The van der Waals surface area contributed by atoms with Gasteiger partial charge in [-0.25, -0.2) is 8.42 Å². The zero-order valence-electron chi connectivity index (χ0n) is 10.3. The molecule has 1 aromatic rings. The van der Waals surface area contributed by atoms with Crippen molar-refractivity contribution in [2.75, 3.05) is 18.2 Å². The molecule has 0 fully saturated rings. The van der Waals surface area contributed by atoms with Crippen LogP contribution in [-0.4, -0.2) is 33.0 Å². The van der Waals surface area contributed by atoms with Crippen LogP contribution in [0.2, 0.25) is 0 Å². The predicted molar refractivity (Wildman–Crippen MR) is 71.3 cm³/mol. The van der Waals surface area contributed by atoms with Gasteiger partial charge in [-0.3, -0.25) is 9.59 Å². The van der Waals surface area contributed by atoms with E-state index in [-0.39, 0.29) is 17.0 Å². The second-order valence-corrected chi connectivity index (χ2v) is 6.48. The molecule has 0 radical (unpaired) electrons. The van der Waals surface area contributed by atoms with Crippen molar-refractivity contribution in [1.82, 2.24) is 0 Å². The van der Waals surface area contributed by atoms with Gasteiger partial charge in [-0.15, -0.1) is 0 Å². The number of Topliss-reactive ketones (excluding diaryl/α,β-unsaturated/α-hetero) is 1. The van der Waals surface area contributed by atoms with Gasteiger partial charge in [0.15, 0.2) is 5.78 Å². The first-order valence-corrected chi connectivity index (χ1v) is 7.62. The second kappa shape index (κ2) is 6.03. The topological polar surface area (TPSA) is 89.5 Å². The van der Waals surface area contributed by atoms with Gasteiger partial charge in [0.2, 0.25) is 15.0 Å². The third-order valence-corrected chi connectivity index (χ3v) is 3.12. The van der Waals surface area contributed by atoms with Crippen LogP contribution >= 0.6 is 10.7 Å². The minimum Gasteiger partial charge on any atom is -0.497 e. The molecule has 0 saturated carbocycles. The fourth-order valence-corrected chi connectivity index (χ4v) is 2.08. The monoisotopic (exact) mass is 305 g/mol. The third kappa shape index (κ3) is 4.88. The summed E-state index contributed by atoms with van der Waals surface area (Å²) >= 11 is 0. The van der Waals surface area contributed by atoms with E-state index in [1.165, 1.54) is 32.2 Å². The number of benzene rings is 1. The van der Waals surface area contributed by atoms with Crippen molar-refractivity contribution >= 4 is 37.1 Å². The molecule has 8 heteroatoms. The van der Waals surface area contributed by atoms with E-state index in [2.05, 4.69) is 5.32 Å². The summed E-state index contributed by atoms with van der Waals surface area (Å²) in [5.41, 5.74) is 0.429. The second-order valence-electron chi connectivity index (χ2n) is 3.70. The van der Waals surface area contributed by atoms with Gasteiger partial charge in [-0.05, 0) is 25.1 Å². The van der Waals surface area contributed by atoms with E-state index in [1.807, 2.05) is 0 Å². The average Bonchev–Trinajstić information content (AvgIpc) is 2.26. The first-order valence-electron chi connectivity index (χ1n) is 5.14. The van der Waals surface area contributed by atoms with Crippen LogP contribution in [0.25, 0.3) is 0 Å². The molecule has 0 saturated heterocycles. The van der Waals surface area contributed by atoms with Gasteiger partial charge >= 0.3 is 0 Å². The smallest absolute Gasteiger partial charge is 0.241 e. The van der Waals surface area contributed by atoms with E-state index in [4.69, 9.17) is 15.4 Å². The number of rotatable bonds is 5. The van der Waals surface area contributed by atoms with Crippen molar-refractivity contribution in [1.29, 1.82) is 0 Å². The van der Waals surface area contributed by atoms with Gasteiger partial charge in [0.05, 0.1) is 12.8 Å². The number of amides is 1. The van der Waals surface area contributed by atoms with Crippen LogP contribution in [0.1, 0.15) is 17.3 Å². The summed E-state index contributed by atoms with van der Waals surface area (Å²) in [5, 5.41) is 2.32. The molecule has 0 aliphatic rings. The lowest BCUT2D eigenvalue weighted by Gasteiger charge is -2.10. The molecule has 0 bridgehead atoms. The molecule has 1 amide bonds. The summed E-state index contributed by atoms with van der Waals surface area (Å²) < 4.78 is 26.5. The standard InChI is InChI=1S/C11H12ClNO5S/c1-7(14)9-5-8(18-2)3-4-10(9)13-11(15)6-19(12,16)17/h3-5H,6H2,1-2H3,(H,13,15). The molecule has 0 heterocycles. The summed E-state index contributed by atoms with van der Waals surface area (Å²) in [4.78, 5) is 22.9.